The average Bonchev–Trinajstić information content (AvgIpc) is 2.52. The Kier molecular flexibility index (Phi) is 8.78. The van der Waals surface area contributed by atoms with E-state index >= 15 is 0 Å². The second-order valence-corrected chi connectivity index (χ2v) is 7.92. The first-order valence-corrected chi connectivity index (χ1v) is 10.0. The summed E-state index contributed by atoms with van der Waals surface area (Å²) in [5, 5.41) is 6.46. The van der Waals surface area contributed by atoms with Gasteiger partial charge in [-0.25, -0.2) is 13.1 Å². The van der Waals surface area contributed by atoms with Crippen molar-refractivity contribution in [3.8, 4) is 0 Å². The number of nitrogens with zero attached hydrogens (tertiary/aromatic N) is 1. The molecule has 0 aliphatic heterocycles. The summed E-state index contributed by atoms with van der Waals surface area (Å²) in [4.78, 5) is 4.17. The molecule has 136 valence electrons. The van der Waals surface area contributed by atoms with E-state index in [0.29, 0.717) is 19.5 Å². The van der Waals surface area contributed by atoms with Gasteiger partial charge in [0, 0.05) is 26.7 Å². The Hall–Kier alpha value is -1.60. The molecular weight excluding hydrogens is 324 g/mol. The number of aryl methyl sites for hydroxylation is 2. The minimum atomic E-state index is -3.10. The number of aliphatic imine (C=N–C) groups is 1. The number of nitrogens with one attached hydrogen (secondary N) is 3. The predicted molar refractivity (Wildman–Crippen MR) is 101 cm³/mol. The molecule has 0 aliphatic rings. The van der Waals surface area contributed by atoms with Crippen LogP contribution in [0.5, 0.6) is 0 Å². The molecule has 3 N–H and O–H groups in total. The van der Waals surface area contributed by atoms with Crippen LogP contribution in [0.3, 0.4) is 0 Å². The first-order valence-electron chi connectivity index (χ1n) is 8.35. The van der Waals surface area contributed by atoms with Crippen LogP contribution in [0, 0.1) is 13.8 Å². The third-order valence-electron chi connectivity index (χ3n) is 3.56. The lowest BCUT2D eigenvalue weighted by molar-refractivity contribution is 0.579. The lowest BCUT2D eigenvalue weighted by atomic mass is 10.1. The number of sulfonamides is 1. The molecule has 24 heavy (non-hydrogen) atoms. The Balaban J connectivity index is 2.25. The predicted octanol–water partition coefficient (Wildman–Crippen LogP) is 1.34. The summed E-state index contributed by atoms with van der Waals surface area (Å²) in [6.07, 6.45) is 1.64. The zero-order valence-corrected chi connectivity index (χ0v) is 16.0. The summed E-state index contributed by atoms with van der Waals surface area (Å²) in [5.74, 6) is 0.847. The van der Waals surface area contributed by atoms with Gasteiger partial charge in [-0.05, 0) is 39.2 Å². The van der Waals surface area contributed by atoms with Crippen LogP contribution in [0.4, 0.5) is 0 Å². The van der Waals surface area contributed by atoms with Crippen LogP contribution in [0.2, 0.25) is 0 Å². The molecule has 0 spiro atoms. The fraction of sp³-hybridized carbons (Fsp3) is 0.588. The monoisotopic (exact) mass is 354 g/mol. The van der Waals surface area contributed by atoms with Gasteiger partial charge >= 0.3 is 0 Å². The Morgan fingerprint density at radius 3 is 2.25 bits per heavy atom. The van der Waals surface area contributed by atoms with E-state index in [1.807, 2.05) is 0 Å². The summed E-state index contributed by atoms with van der Waals surface area (Å²) >= 11 is 0. The second-order valence-electron chi connectivity index (χ2n) is 5.82. The molecule has 0 bridgehead atoms. The van der Waals surface area contributed by atoms with Crippen LogP contribution in [-0.4, -0.2) is 46.8 Å². The molecule has 6 nitrogen and oxygen atoms in total. The van der Waals surface area contributed by atoms with Gasteiger partial charge in [0.2, 0.25) is 10.0 Å². The van der Waals surface area contributed by atoms with Crippen molar-refractivity contribution in [2.45, 2.75) is 33.6 Å². The van der Waals surface area contributed by atoms with Gasteiger partial charge in [-0.2, -0.15) is 0 Å². The van der Waals surface area contributed by atoms with Crippen molar-refractivity contribution in [3.05, 3.63) is 34.9 Å². The fourth-order valence-corrected chi connectivity index (χ4v) is 3.04. The van der Waals surface area contributed by atoms with Crippen molar-refractivity contribution in [3.63, 3.8) is 0 Å². The van der Waals surface area contributed by atoms with Crippen molar-refractivity contribution in [1.82, 2.24) is 15.4 Å². The zero-order chi connectivity index (χ0) is 18.0. The number of benzene rings is 1. The number of hydrogen-bond donors (Lipinski definition) is 3. The first-order chi connectivity index (χ1) is 11.4. The smallest absolute Gasteiger partial charge is 0.211 e. The molecule has 0 radical (unpaired) electrons. The van der Waals surface area contributed by atoms with Crippen LogP contribution in [0.15, 0.2) is 23.2 Å². The summed E-state index contributed by atoms with van der Waals surface area (Å²) < 4.78 is 25.2. The Morgan fingerprint density at radius 2 is 1.67 bits per heavy atom. The van der Waals surface area contributed by atoms with Crippen molar-refractivity contribution in [2.24, 2.45) is 4.99 Å². The van der Waals surface area contributed by atoms with Crippen LogP contribution in [0.25, 0.3) is 0 Å². The molecule has 0 aromatic heterocycles. The third-order valence-corrected chi connectivity index (χ3v) is 4.96. The largest absolute Gasteiger partial charge is 0.356 e. The number of hydrogen-bond acceptors (Lipinski definition) is 3. The highest BCUT2D eigenvalue weighted by Crippen LogP contribution is 2.08. The zero-order valence-electron chi connectivity index (χ0n) is 15.1. The highest BCUT2D eigenvalue weighted by atomic mass is 32.2. The standard InChI is InChI=1S/C17H30N4O2S/c1-5-24(22,23)21-9-6-8-19-17(18-4)20-10-7-16-12-14(2)11-15(3)13-16/h11-13,21H,5-10H2,1-4H3,(H2,18,19,20). The molecule has 0 saturated heterocycles. The highest BCUT2D eigenvalue weighted by molar-refractivity contribution is 7.89. The average molecular weight is 355 g/mol. The maximum absolute atomic E-state index is 11.3. The number of guanidine groups is 1. The molecule has 7 heteroatoms. The highest BCUT2D eigenvalue weighted by Gasteiger charge is 2.04. The summed E-state index contributed by atoms with van der Waals surface area (Å²) in [5.41, 5.74) is 3.87. The van der Waals surface area contributed by atoms with Crippen LogP contribution >= 0.6 is 0 Å². The molecule has 0 aliphatic carbocycles. The van der Waals surface area contributed by atoms with Crippen molar-refractivity contribution >= 4 is 16.0 Å². The Morgan fingerprint density at radius 1 is 1.04 bits per heavy atom. The van der Waals surface area contributed by atoms with Gasteiger partial charge in [-0.1, -0.05) is 29.3 Å². The number of rotatable bonds is 9. The van der Waals surface area contributed by atoms with Gasteiger partial charge in [0.05, 0.1) is 5.75 Å². The van der Waals surface area contributed by atoms with Gasteiger partial charge in [0.15, 0.2) is 5.96 Å². The van der Waals surface area contributed by atoms with Crippen LogP contribution in [-0.2, 0) is 16.4 Å². The molecule has 1 aromatic carbocycles. The summed E-state index contributed by atoms with van der Waals surface area (Å²) in [6, 6.07) is 6.57. The maximum Gasteiger partial charge on any atom is 0.211 e. The maximum atomic E-state index is 11.3. The van der Waals surface area contributed by atoms with Crippen molar-refractivity contribution < 1.29 is 8.42 Å². The van der Waals surface area contributed by atoms with Crippen molar-refractivity contribution in [2.75, 3.05) is 32.4 Å². The minimum Gasteiger partial charge on any atom is -0.356 e. The van der Waals surface area contributed by atoms with E-state index in [4.69, 9.17) is 0 Å². The Labute approximate surface area is 146 Å². The second kappa shape index (κ2) is 10.3. The van der Waals surface area contributed by atoms with Crippen LogP contribution < -0.4 is 15.4 Å². The lowest BCUT2D eigenvalue weighted by Gasteiger charge is -2.12. The molecule has 0 atom stereocenters. The SMILES string of the molecule is CCS(=O)(=O)NCCCNC(=NC)NCCc1cc(C)cc(C)c1. The molecular formula is C17H30N4O2S. The van der Waals surface area contributed by atoms with E-state index in [1.54, 1.807) is 14.0 Å². The van der Waals surface area contributed by atoms with Gasteiger partial charge < -0.3 is 10.6 Å². The molecule has 0 unspecified atom stereocenters. The lowest BCUT2D eigenvalue weighted by Crippen LogP contribution is -2.39. The first kappa shape index (κ1) is 20.4. The summed E-state index contributed by atoms with van der Waals surface area (Å²) in [6.45, 7) is 7.74. The van der Waals surface area contributed by atoms with Crippen LogP contribution in [0.1, 0.15) is 30.0 Å². The molecule has 0 fully saturated rings. The van der Waals surface area contributed by atoms with E-state index in [0.717, 1.165) is 18.9 Å². The molecule has 1 rings (SSSR count). The minimum absolute atomic E-state index is 0.113. The Bertz CT molecular complexity index is 622. The fourth-order valence-electron chi connectivity index (χ4n) is 2.38. The van der Waals surface area contributed by atoms with E-state index in [1.165, 1.54) is 16.7 Å². The summed E-state index contributed by atoms with van der Waals surface area (Å²) in [7, 11) is -1.37. The van der Waals surface area contributed by atoms with E-state index in [2.05, 4.69) is 52.4 Å². The van der Waals surface area contributed by atoms with E-state index in [9.17, 15) is 8.42 Å². The molecule has 0 heterocycles. The van der Waals surface area contributed by atoms with Gasteiger partial charge in [-0.3, -0.25) is 4.99 Å². The molecule has 0 saturated carbocycles. The third kappa shape index (κ3) is 8.31. The van der Waals surface area contributed by atoms with Gasteiger partial charge in [0.1, 0.15) is 0 Å². The van der Waals surface area contributed by atoms with Crippen molar-refractivity contribution in [1.29, 1.82) is 0 Å². The topological polar surface area (TPSA) is 82.6 Å². The molecule has 0 amide bonds. The van der Waals surface area contributed by atoms with Gasteiger partial charge in [-0.15, -0.1) is 0 Å². The molecule has 1 aromatic rings. The van der Waals surface area contributed by atoms with Gasteiger partial charge in [0.25, 0.3) is 0 Å². The van der Waals surface area contributed by atoms with E-state index < -0.39 is 10.0 Å². The normalized spacial score (nSPS) is 12.2. The van der Waals surface area contributed by atoms with E-state index in [-0.39, 0.29) is 5.75 Å². The quantitative estimate of drug-likeness (QED) is 0.355.